The summed E-state index contributed by atoms with van der Waals surface area (Å²) in [6.07, 6.45) is 3.60. The molecule has 0 radical (unpaired) electrons. The molecule has 3 N–H and O–H groups in total. The summed E-state index contributed by atoms with van der Waals surface area (Å²) in [6, 6.07) is 0. The third-order valence-electron chi connectivity index (χ3n) is 14.1. The number of ether oxygens (including phenoxy) is 3. The van der Waals surface area contributed by atoms with E-state index in [4.69, 9.17) is 14.2 Å². The molecule has 5 rings (SSSR count). The standard InChI is InChI=1S/C38H60O8/c1-21(2)22(3)10-11-24(33(42)46-32-31(41)28(40)20-44-34(32)43)25-14-18-38(9)27-12-13-29-35(5,6)30(45-23(4)39)16-17-36(29,7)26(27)15-19-37(25,38)8/h21,24-25,28-32,34,40-41,43H,3,10-20H2,1-2,4-9H3. The van der Waals surface area contributed by atoms with E-state index in [-0.39, 0.29) is 46.3 Å². The van der Waals surface area contributed by atoms with Gasteiger partial charge in [0.1, 0.15) is 18.3 Å². The van der Waals surface area contributed by atoms with E-state index in [9.17, 15) is 24.9 Å². The summed E-state index contributed by atoms with van der Waals surface area (Å²) >= 11 is 0. The predicted molar refractivity (Wildman–Crippen MR) is 175 cm³/mol. The van der Waals surface area contributed by atoms with Gasteiger partial charge in [0.05, 0.1) is 12.5 Å². The van der Waals surface area contributed by atoms with Crippen LogP contribution in [0.4, 0.5) is 0 Å². The van der Waals surface area contributed by atoms with Crippen LogP contribution in [0.5, 0.6) is 0 Å². The van der Waals surface area contributed by atoms with E-state index < -0.39 is 36.5 Å². The van der Waals surface area contributed by atoms with Crippen LogP contribution in [0.25, 0.3) is 0 Å². The van der Waals surface area contributed by atoms with Crippen molar-refractivity contribution in [3.63, 3.8) is 0 Å². The molecule has 3 fully saturated rings. The fourth-order valence-corrected chi connectivity index (χ4v) is 11.0. The number of carbonyl (C=O) groups is 2. The summed E-state index contributed by atoms with van der Waals surface area (Å²) in [4.78, 5) is 26.1. The van der Waals surface area contributed by atoms with Crippen LogP contribution >= 0.6 is 0 Å². The Bertz CT molecular complexity index is 1240. The normalized spacial score (nSPS) is 42.5. The maximum absolute atomic E-state index is 14.1. The van der Waals surface area contributed by atoms with Gasteiger partial charge in [0.15, 0.2) is 12.4 Å². The van der Waals surface area contributed by atoms with Crippen molar-refractivity contribution in [2.45, 2.75) is 150 Å². The van der Waals surface area contributed by atoms with Crippen molar-refractivity contribution in [2.24, 2.45) is 45.3 Å². The molecule has 0 aromatic heterocycles. The number of esters is 2. The first-order chi connectivity index (χ1) is 21.4. The van der Waals surface area contributed by atoms with E-state index >= 15 is 0 Å². The molecule has 5 aliphatic rings. The summed E-state index contributed by atoms with van der Waals surface area (Å²) in [5.41, 5.74) is 4.04. The summed E-state index contributed by atoms with van der Waals surface area (Å²) in [5.74, 6) is -0.286. The maximum Gasteiger partial charge on any atom is 0.309 e. The quantitative estimate of drug-likeness (QED) is 0.209. The van der Waals surface area contributed by atoms with E-state index in [1.54, 1.807) is 11.1 Å². The molecule has 0 spiro atoms. The minimum atomic E-state index is -1.49. The second-order valence-electron chi connectivity index (χ2n) is 17.0. The van der Waals surface area contributed by atoms with Gasteiger partial charge in [0.25, 0.3) is 0 Å². The Morgan fingerprint density at radius 2 is 1.65 bits per heavy atom. The zero-order valence-electron chi connectivity index (χ0n) is 29.6. The molecule has 0 amide bonds. The third-order valence-corrected chi connectivity index (χ3v) is 14.1. The van der Waals surface area contributed by atoms with Crippen molar-refractivity contribution in [2.75, 3.05) is 6.61 Å². The van der Waals surface area contributed by atoms with E-state index in [0.29, 0.717) is 24.7 Å². The highest BCUT2D eigenvalue weighted by Crippen LogP contribution is 2.72. The fraction of sp³-hybridized carbons (Fsp3) is 0.842. The van der Waals surface area contributed by atoms with Crippen molar-refractivity contribution < 1.29 is 39.1 Å². The Balaban J connectivity index is 1.45. The van der Waals surface area contributed by atoms with Crippen molar-refractivity contribution >= 4 is 11.9 Å². The number of hydrogen-bond acceptors (Lipinski definition) is 8. The van der Waals surface area contributed by atoms with Gasteiger partial charge in [-0.1, -0.05) is 71.8 Å². The van der Waals surface area contributed by atoms with Crippen molar-refractivity contribution in [1.29, 1.82) is 0 Å². The molecule has 1 heterocycles. The molecule has 8 heteroatoms. The second-order valence-corrected chi connectivity index (χ2v) is 17.0. The lowest BCUT2D eigenvalue weighted by molar-refractivity contribution is -0.262. The molecule has 11 atom stereocenters. The summed E-state index contributed by atoms with van der Waals surface area (Å²) in [6.45, 7) is 21.7. The molecule has 260 valence electrons. The Labute approximate surface area is 276 Å². The number of allylic oxidation sites excluding steroid dienone is 3. The van der Waals surface area contributed by atoms with E-state index in [2.05, 4.69) is 55.0 Å². The van der Waals surface area contributed by atoms with Gasteiger partial charge in [0, 0.05) is 12.3 Å². The first-order valence-corrected chi connectivity index (χ1v) is 17.8. The predicted octanol–water partition coefficient (Wildman–Crippen LogP) is 6.26. The summed E-state index contributed by atoms with van der Waals surface area (Å²) < 4.78 is 16.9. The lowest BCUT2D eigenvalue weighted by atomic mass is 9.43. The minimum Gasteiger partial charge on any atom is -0.462 e. The van der Waals surface area contributed by atoms with E-state index in [0.717, 1.165) is 56.9 Å². The zero-order chi connectivity index (χ0) is 34.0. The van der Waals surface area contributed by atoms with Crippen LogP contribution in [0.3, 0.4) is 0 Å². The average molecular weight is 645 g/mol. The van der Waals surface area contributed by atoms with Crippen LogP contribution in [0.2, 0.25) is 0 Å². The van der Waals surface area contributed by atoms with Gasteiger partial charge in [-0.05, 0) is 98.2 Å². The van der Waals surface area contributed by atoms with Gasteiger partial charge in [-0.25, -0.2) is 0 Å². The Morgan fingerprint density at radius 3 is 2.30 bits per heavy atom. The van der Waals surface area contributed by atoms with Crippen LogP contribution in [-0.2, 0) is 23.8 Å². The first kappa shape index (κ1) is 35.6. The lowest BCUT2D eigenvalue weighted by Gasteiger charge is -2.62. The largest absolute Gasteiger partial charge is 0.462 e. The van der Waals surface area contributed by atoms with Gasteiger partial charge in [-0.3, -0.25) is 9.59 Å². The number of hydrogen-bond donors (Lipinski definition) is 3. The molecule has 11 unspecified atom stereocenters. The molecular formula is C38H60O8. The van der Waals surface area contributed by atoms with Crippen molar-refractivity contribution in [1.82, 2.24) is 0 Å². The first-order valence-electron chi connectivity index (χ1n) is 17.8. The van der Waals surface area contributed by atoms with Gasteiger partial charge in [-0.15, -0.1) is 0 Å². The van der Waals surface area contributed by atoms with Crippen LogP contribution in [-0.4, -0.2) is 64.6 Å². The zero-order valence-corrected chi connectivity index (χ0v) is 29.6. The highest BCUT2D eigenvalue weighted by atomic mass is 16.7. The molecule has 0 aromatic carbocycles. The second kappa shape index (κ2) is 12.6. The molecule has 2 saturated carbocycles. The molecule has 0 aromatic rings. The van der Waals surface area contributed by atoms with E-state index in [1.807, 2.05) is 0 Å². The van der Waals surface area contributed by atoms with Crippen LogP contribution in [0, 0.1) is 45.3 Å². The SMILES string of the molecule is C=C(CCC(C(=O)OC1C(O)OCC(O)C1O)C1CCC2(C)C3=C(CCC12C)C1(C)CCC(OC(C)=O)C(C)(C)C1CC3)C(C)C. The van der Waals surface area contributed by atoms with Gasteiger partial charge in [0.2, 0.25) is 0 Å². The summed E-state index contributed by atoms with van der Waals surface area (Å²) in [7, 11) is 0. The molecule has 4 aliphatic carbocycles. The van der Waals surface area contributed by atoms with Gasteiger partial charge >= 0.3 is 11.9 Å². The van der Waals surface area contributed by atoms with Crippen LogP contribution in [0.15, 0.2) is 23.3 Å². The van der Waals surface area contributed by atoms with Crippen LogP contribution in [0.1, 0.15) is 120 Å². The number of aliphatic hydroxyl groups is 3. The van der Waals surface area contributed by atoms with Crippen LogP contribution < -0.4 is 0 Å². The molecule has 46 heavy (non-hydrogen) atoms. The fourth-order valence-electron chi connectivity index (χ4n) is 11.0. The van der Waals surface area contributed by atoms with Gasteiger partial charge in [-0.2, -0.15) is 0 Å². The smallest absolute Gasteiger partial charge is 0.309 e. The lowest BCUT2D eigenvalue weighted by Crippen LogP contribution is -2.56. The molecule has 1 aliphatic heterocycles. The number of carbonyl (C=O) groups excluding carboxylic acids is 2. The molecule has 0 bridgehead atoms. The highest BCUT2D eigenvalue weighted by Gasteiger charge is 2.64. The molecular weight excluding hydrogens is 584 g/mol. The van der Waals surface area contributed by atoms with Crippen molar-refractivity contribution in [3.8, 4) is 0 Å². The van der Waals surface area contributed by atoms with Gasteiger partial charge < -0.3 is 29.5 Å². The number of fused-ring (bicyclic) bond motifs is 4. The highest BCUT2D eigenvalue weighted by molar-refractivity contribution is 5.73. The Morgan fingerprint density at radius 1 is 0.957 bits per heavy atom. The molecule has 8 nitrogen and oxygen atoms in total. The number of rotatable bonds is 8. The topological polar surface area (TPSA) is 123 Å². The van der Waals surface area contributed by atoms with Crippen molar-refractivity contribution in [3.05, 3.63) is 23.3 Å². The molecule has 1 saturated heterocycles. The Hall–Kier alpha value is -1.74. The average Bonchev–Trinajstić information content (AvgIpc) is 3.25. The summed E-state index contributed by atoms with van der Waals surface area (Å²) in [5, 5.41) is 31.2. The van der Waals surface area contributed by atoms with E-state index in [1.165, 1.54) is 6.92 Å². The minimum absolute atomic E-state index is 0.0532. The number of aliphatic hydroxyl groups excluding tert-OH is 3. The Kier molecular flexibility index (Phi) is 9.75. The maximum atomic E-state index is 14.1. The monoisotopic (exact) mass is 644 g/mol. The third kappa shape index (κ3) is 5.71.